The van der Waals surface area contributed by atoms with Crippen molar-refractivity contribution in [1.29, 1.82) is 0 Å². The van der Waals surface area contributed by atoms with Crippen LogP contribution in [-0.4, -0.2) is 44.0 Å². The molecule has 3 N–H and O–H groups in total. The van der Waals surface area contributed by atoms with E-state index in [0.717, 1.165) is 31.0 Å². The Labute approximate surface area is 155 Å². The Morgan fingerprint density at radius 1 is 1.00 bits per heavy atom. The van der Waals surface area contributed by atoms with Gasteiger partial charge in [0.15, 0.2) is 0 Å². The van der Waals surface area contributed by atoms with Gasteiger partial charge in [-0.25, -0.2) is 0 Å². The van der Waals surface area contributed by atoms with Crippen LogP contribution in [-0.2, 0) is 6.54 Å². The molecular formula is C21H28N4O. The molecule has 1 amide bonds. The van der Waals surface area contributed by atoms with Crippen molar-refractivity contribution in [1.82, 2.24) is 10.2 Å². The molecule has 1 fully saturated rings. The normalized spacial score (nSPS) is 14.3. The fourth-order valence-electron chi connectivity index (χ4n) is 3.25. The summed E-state index contributed by atoms with van der Waals surface area (Å²) in [5.41, 5.74) is 3.54. The summed E-state index contributed by atoms with van der Waals surface area (Å²) >= 11 is 0. The number of amides is 1. The summed E-state index contributed by atoms with van der Waals surface area (Å²) in [5, 5.41) is 9.52. The van der Waals surface area contributed by atoms with Crippen molar-refractivity contribution < 1.29 is 4.79 Å². The number of carbonyl (C=O) groups excluding carboxylic acids is 1. The third-order valence-electron chi connectivity index (χ3n) is 4.79. The molecule has 1 saturated heterocycles. The Bertz CT molecular complexity index is 708. The quantitative estimate of drug-likeness (QED) is 0.639. The number of benzene rings is 2. The zero-order valence-corrected chi connectivity index (χ0v) is 15.4. The standard InChI is InChI=1S/C21H28N4O/c1-22-19-6-2-3-7-20(19)24-21(26)18-10-8-17(9-11-18)16-23-12-15-25-13-4-5-14-25/h2-3,6-11,22-23H,4-5,12-16H2,1H3,(H,24,26). The van der Waals surface area contributed by atoms with E-state index in [0.29, 0.717) is 5.56 Å². The largest absolute Gasteiger partial charge is 0.386 e. The average molecular weight is 352 g/mol. The van der Waals surface area contributed by atoms with Crippen LogP contribution in [0, 0.1) is 0 Å². The van der Waals surface area contributed by atoms with Crippen molar-refractivity contribution in [2.24, 2.45) is 0 Å². The molecule has 2 aromatic rings. The Morgan fingerprint density at radius 3 is 2.38 bits per heavy atom. The van der Waals surface area contributed by atoms with Crippen LogP contribution in [0.5, 0.6) is 0 Å². The van der Waals surface area contributed by atoms with E-state index in [9.17, 15) is 4.79 Å². The summed E-state index contributed by atoms with van der Waals surface area (Å²) < 4.78 is 0. The molecule has 0 aromatic heterocycles. The minimum absolute atomic E-state index is 0.0961. The van der Waals surface area contributed by atoms with Gasteiger partial charge in [0.1, 0.15) is 0 Å². The third kappa shape index (κ3) is 5.07. The molecule has 26 heavy (non-hydrogen) atoms. The molecule has 0 unspecified atom stereocenters. The van der Waals surface area contributed by atoms with E-state index < -0.39 is 0 Å². The van der Waals surface area contributed by atoms with Gasteiger partial charge in [-0.15, -0.1) is 0 Å². The second-order valence-electron chi connectivity index (χ2n) is 6.67. The lowest BCUT2D eigenvalue weighted by atomic mass is 10.1. The van der Waals surface area contributed by atoms with Gasteiger partial charge >= 0.3 is 0 Å². The number of hydrogen-bond donors (Lipinski definition) is 3. The molecular weight excluding hydrogens is 324 g/mol. The Morgan fingerprint density at radius 2 is 1.69 bits per heavy atom. The average Bonchev–Trinajstić information content (AvgIpc) is 3.19. The number of hydrogen-bond acceptors (Lipinski definition) is 4. The third-order valence-corrected chi connectivity index (χ3v) is 4.79. The van der Waals surface area contributed by atoms with Crippen molar-refractivity contribution in [2.45, 2.75) is 19.4 Å². The number of nitrogens with one attached hydrogen (secondary N) is 3. The maximum Gasteiger partial charge on any atom is 0.255 e. The van der Waals surface area contributed by atoms with Gasteiger partial charge in [-0.3, -0.25) is 4.79 Å². The second kappa shape index (κ2) is 9.36. The summed E-state index contributed by atoms with van der Waals surface area (Å²) in [6.07, 6.45) is 2.67. The van der Waals surface area contributed by atoms with Gasteiger partial charge in [0.2, 0.25) is 0 Å². The molecule has 3 rings (SSSR count). The SMILES string of the molecule is CNc1ccccc1NC(=O)c1ccc(CNCCN2CCCC2)cc1. The number of para-hydroxylation sites is 2. The first-order valence-corrected chi connectivity index (χ1v) is 9.36. The van der Waals surface area contributed by atoms with Gasteiger partial charge in [0, 0.05) is 32.2 Å². The predicted molar refractivity (Wildman–Crippen MR) is 108 cm³/mol. The van der Waals surface area contributed by atoms with Crippen LogP contribution in [0.1, 0.15) is 28.8 Å². The first kappa shape index (κ1) is 18.4. The fraction of sp³-hybridized carbons (Fsp3) is 0.381. The molecule has 1 aliphatic rings. The second-order valence-corrected chi connectivity index (χ2v) is 6.67. The van der Waals surface area contributed by atoms with E-state index in [4.69, 9.17) is 0 Å². The zero-order chi connectivity index (χ0) is 18.2. The molecule has 0 radical (unpaired) electrons. The van der Waals surface area contributed by atoms with Gasteiger partial charge in [0.05, 0.1) is 11.4 Å². The van der Waals surface area contributed by atoms with Crippen molar-refractivity contribution in [3.05, 3.63) is 59.7 Å². The zero-order valence-electron chi connectivity index (χ0n) is 15.4. The first-order chi connectivity index (χ1) is 12.8. The highest BCUT2D eigenvalue weighted by molar-refractivity contribution is 6.05. The van der Waals surface area contributed by atoms with Gasteiger partial charge in [-0.1, -0.05) is 24.3 Å². The minimum atomic E-state index is -0.0961. The lowest BCUT2D eigenvalue weighted by molar-refractivity contribution is 0.102. The maximum absolute atomic E-state index is 12.4. The molecule has 138 valence electrons. The van der Waals surface area contributed by atoms with Crippen molar-refractivity contribution >= 4 is 17.3 Å². The summed E-state index contributed by atoms with van der Waals surface area (Å²) in [5.74, 6) is -0.0961. The molecule has 0 atom stereocenters. The van der Waals surface area contributed by atoms with Gasteiger partial charge < -0.3 is 20.9 Å². The summed E-state index contributed by atoms with van der Waals surface area (Å²) in [6, 6.07) is 15.5. The maximum atomic E-state index is 12.4. The van der Waals surface area contributed by atoms with E-state index in [1.165, 1.54) is 31.5 Å². The van der Waals surface area contributed by atoms with Gasteiger partial charge in [-0.2, -0.15) is 0 Å². The van der Waals surface area contributed by atoms with E-state index in [2.05, 4.69) is 20.9 Å². The Hall–Kier alpha value is -2.37. The number of anilines is 2. The smallest absolute Gasteiger partial charge is 0.255 e. The monoisotopic (exact) mass is 352 g/mol. The molecule has 2 aromatic carbocycles. The first-order valence-electron chi connectivity index (χ1n) is 9.36. The summed E-state index contributed by atoms with van der Waals surface area (Å²) in [7, 11) is 1.84. The van der Waals surface area contributed by atoms with Crippen LogP contribution < -0.4 is 16.0 Å². The van der Waals surface area contributed by atoms with E-state index in [1.807, 2.05) is 55.6 Å². The van der Waals surface area contributed by atoms with Crippen LogP contribution in [0.15, 0.2) is 48.5 Å². The number of likely N-dealkylation sites (tertiary alicyclic amines) is 1. The highest BCUT2D eigenvalue weighted by Crippen LogP contribution is 2.21. The van der Waals surface area contributed by atoms with E-state index in [1.54, 1.807) is 0 Å². The lowest BCUT2D eigenvalue weighted by Gasteiger charge is -2.14. The van der Waals surface area contributed by atoms with E-state index in [-0.39, 0.29) is 5.91 Å². The number of carbonyl (C=O) groups is 1. The Kier molecular flexibility index (Phi) is 6.63. The minimum Gasteiger partial charge on any atom is -0.386 e. The molecule has 5 nitrogen and oxygen atoms in total. The van der Waals surface area contributed by atoms with Gasteiger partial charge in [0.25, 0.3) is 5.91 Å². The lowest BCUT2D eigenvalue weighted by Crippen LogP contribution is -2.29. The molecule has 5 heteroatoms. The van der Waals surface area contributed by atoms with Gasteiger partial charge in [-0.05, 0) is 55.8 Å². The van der Waals surface area contributed by atoms with Crippen molar-refractivity contribution in [3.8, 4) is 0 Å². The fourth-order valence-corrected chi connectivity index (χ4v) is 3.25. The van der Waals surface area contributed by atoms with Crippen LogP contribution in [0.2, 0.25) is 0 Å². The van der Waals surface area contributed by atoms with Crippen molar-refractivity contribution in [2.75, 3.05) is 43.9 Å². The summed E-state index contributed by atoms with van der Waals surface area (Å²) in [6.45, 7) is 5.43. The molecule has 0 saturated carbocycles. The summed E-state index contributed by atoms with van der Waals surface area (Å²) in [4.78, 5) is 14.9. The van der Waals surface area contributed by atoms with Crippen molar-refractivity contribution in [3.63, 3.8) is 0 Å². The Balaban J connectivity index is 1.47. The topological polar surface area (TPSA) is 56.4 Å². The molecule has 0 bridgehead atoms. The number of rotatable bonds is 8. The van der Waals surface area contributed by atoms with Crippen LogP contribution >= 0.6 is 0 Å². The highest BCUT2D eigenvalue weighted by Gasteiger charge is 2.10. The highest BCUT2D eigenvalue weighted by atomic mass is 16.1. The van der Waals surface area contributed by atoms with Crippen LogP contribution in [0.4, 0.5) is 11.4 Å². The van der Waals surface area contributed by atoms with Crippen LogP contribution in [0.3, 0.4) is 0 Å². The molecule has 1 aliphatic heterocycles. The molecule has 0 aliphatic carbocycles. The number of nitrogens with zero attached hydrogens (tertiary/aromatic N) is 1. The molecule has 1 heterocycles. The molecule has 0 spiro atoms. The van der Waals surface area contributed by atoms with E-state index >= 15 is 0 Å². The predicted octanol–water partition coefficient (Wildman–Crippen LogP) is 3.17. The van der Waals surface area contributed by atoms with Crippen LogP contribution in [0.25, 0.3) is 0 Å².